The first-order valence-corrected chi connectivity index (χ1v) is 9.02. The van der Waals surface area contributed by atoms with Crippen molar-refractivity contribution in [1.82, 2.24) is 10.3 Å². The van der Waals surface area contributed by atoms with Crippen LogP contribution in [0.2, 0.25) is 0 Å². The highest BCUT2D eigenvalue weighted by Gasteiger charge is 2.61. The summed E-state index contributed by atoms with van der Waals surface area (Å²) in [7, 11) is 0. The summed E-state index contributed by atoms with van der Waals surface area (Å²) in [5.41, 5.74) is 2.89. The van der Waals surface area contributed by atoms with Crippen LogP contribution in [0.4, 0.5) is 0 Å². The van der Waals surface area contributed by atoms with Gasteiger partial charge in [-0.1, -0.05) is 24.3 Å². The topological polar surface area (TPSA) is 79.3 Å². The zero-order valence-electron chi connectivity index (χ0n) is 13.1. The Bertz CT molecular complexity index is 816. The summed E-state index contributed by atoms with van der Waals surface area (Å²) in [4.78, 5) is 27.3. The van der Waals surface area contributed by atoms with E-state index < -0.39 is 5.97 Å². The molecule has 2 atom stereocenters. The van der Waals surface area contributed by atoms with Crippen molar-refractivity contribution in [2.45, 2.75) is 31.1 Å². The van der Waals surface area contributed by atoms with Gasteiger partial charge in [0.25, 0.3) is 0 Å². The van der Waals surface area contributed by atoms with Crippen molar-refractivity contribution in [3.8, 4) is 0 Å². The Hall–Kier alpha value is -2.21. The number of amides is 1. The van der Waals surface area contributed by atoms with Gasteiger partial charge in [-0.15, -0.1) is 11.3 Å². The summed E-state index contributed by atoms with van der Waals surface area (Å²) >= 11 is 1.32. The SMILES string of the molecule is O=C(O)c1csc(CCNC(=O)[C@@H]2C[C@]23CCc2ccccc23)n1. The number of carboxylic acid groups (broad SMARTS) is 1. The summed E-state index contributed by atoms with van der Waals surface area (Å²) < 4.78 is 0. The number of thiazole rings is 1. The van der Waals surface area contributed by atoms with E-state index in [1.54, 1.807) is 0 Å². The lowest BCUT2D eigenvalue weighted by atomic mass is 9.95. The molecule has 0 unspecified atom stereocenters. The van der Waals surface area contributed by atoms with Gasteiger partial charge in [0.05, 0.1) is 5.01 Å². The number of hydrogen-bond donors (Lipinski definition) is 2. The lowest BCUT2D eigenvalue weighted by molar-refractivity contribution is -0.122. The fourth-order valence-electron chi connectivity index (χ4n) is 3.88. The van der Waals surface area contributed by atoms with E-state index >= 15 is 0 Å². The van der Waals surface area contributed by atoms with Crippen molar-refractivity contribution in [2.24, 2.45) is 5.92 Å². The summed E-state index contributed by atoms with van der Waals surface area (Å²) in [6.07, 6.45) is 3.65. The second-order valence-electron chi connectivity index (χ2n) is 6.54. The predicted octanol–water partition coefficient (Wildman–Crippen LogP) is 2.40. The van der Waals surface area contributed by atoms with E-state index in [0.717, 1.165) is 24.3 Å². The maximum atomic E-state index is 12.5. The van der Waals surface area contributed by atoms with E-state index in [1.165, 1.54) is 27.8 Å². The monoisotopic (exact) mass is 342 g/mol. The minimum atomic E-state index is -1.01. The van der Waals surface area contributed by atoms with Crippen molar-refractivity contribution in [1.29, 1.82) is 0 Å². The standard InChI is InChI=1S/C18H18N2O3S/c21-16(19-8-6-15-20-14(10-24-15)17(22)23)13-9-18(13)7-5-11-3-1-2-4-12(11)18/h1-4,10,13H,5-9H2,(H,19,21)(H,22,23)/t13-,18-/m0/s1. The van der Waals surface area contributed by atoms with Gasteiger partial charge in [-0.05, 0) is 30.4 Å². The maximum Gasteiger partial charge on any atom is 0.355 e. The van der Waals surface area contributed by atoms with Crippen LogP contribution in [-0.2, 0) is 23.1 Å². The van der Waals surface area contributed by atoms with Crippen LogP contribution in [0.1, 0.15) is 39.5 Å². The molecular formula is C18H18N2O3S. The Kier molecular flexibility index (Phi) is 3.64. The Morgan fingerprint density at radius 1 is 1.38 bits per heavy atom. The molecule has 2 aromatic rings. The molecule has 1 amide bonds. The van der Waals surface area contributed by atoms with E-state index in [4.69, 9.17) is 5.11 Å². The zero-order chi connectivity index (χ0) is 16.7. The molecule has 1 aromatic heterocycles. The van der Waals surface area contributed by atoms with Crippen LogP contribution in [0.5, 0.6) is 0 Å². The van der Waals surface area contributed by atoms with Crippen LogP contribution >= 0.6 is 11.3 Å². The molecule has 0 saturated heterocycles. The Morgan fingerprint density at radius 3 is 3.00 bits per heavy atom. The molecule has 6 heteroatoms. The molecular weight excluding hydrogens is 324 g/mol. The molecule has 124 valence electrons. The van der Waals surface area contributed by atoms with Crippen LogP contribution in [0, 0.1) is 5.92 Å². The molecule has 0 aliphatic heterocycles. The fourth-order valence-corrected chi connectivity index (χ4v) is 4.65. The number of aromatic nitrogens is 1. The fraction of sp³-hybridized carbons (Fsp3) is 0.389. The molecule has 1 aromatic carbocycles. The first kappa shape index (κ1) is 15.3. The smallest absolute Gasteiger partial charge is 0.355 e. The van der Waals surface area contributed by atoms with E-state index in [9.17, 15) is 9.59 Å². The maximum absolute atomic E-state index is 12.5. The van der Waals surface area contributed by atoms with E-state index in [0.29, 0.717) is 13.0 Å². The number of carbonyl (C=O) groups is 2. The number of carbonyl (C=O) groups excluding carboxylic acids is 1. The number of aryl methyl sites for hydroxylation is 1. The highest BCUT2D eigenvalue weighted by Crippen LogP contribution is 2.61. The van der Waals surface area contributed by atoms with Crippen LogP contribution in [0.25, 0.3) is 0 Å². The predicted molar refractivity (Wildman–Crippen MR) is 90.3 cm³/mol. The molecule has 24 heavy (non-hydrogen) atoms. The number of hydrogen-bond acceptors (Lipinski definition) is 4. The molecule has 5 nitrogen and oxygen atoms in total. The number of aromatic carboxylic acids is 1. The molecule has 1 heterocycles. The van der Waals surface area contributed by atoms with Gasteiger partial charge in [0.15, 0.2) is 5.69 Å². The first-order valence-electron chi connectivity index (χ1n) is 8.14. The molecule has 1 spiro atoms. The molecule has 4 rings (SSSR count). The van der Waals surface area contributed by atoms with Gasteiger partial charge in [0, 0.05) is 29.7 Å². The molecule has 0 radical (unpaired) electrons. The lowest BCUT2D eigenvalue weighted by Crippen LogP contribution is -2.29. The number of rotatable bonds is 5. The van der Waals surface area contributed by atoms with Crippen LogP contribution < -0.4 is 5.32 Å². The van der Waals surface area contributed by atoms with Crippen molar-refractivity contribution >= 4 is 23.2 Å². The number of nitrogens with one attached hydrogen (secondary N) is 1. The summed E-state index contributed by atoms with van der Waals surface area (Å²) in [5, 5.41) is 14.1. The molecule has 1 fully saturated rings. The molecule has 2 aliphatic carbocycles. The van der Waals surface area contributed by atoms with Crippen LogP contribution in [0.15, 0.2) is 29.6 Å². The van der Waals surface area contributed by atoms with Gasteiger partial charge in [-0.2, -0.15) is 0 Å². The number of fused-ring (bicyclic) bond motifs is 2. The van der Waals surface area contributed by atoms with Gasteiger partial charge in [0.2, 0.25) is 5.91 Å². The van der Waals surface area contributed by atoms with Crippen LogP contribution in [0.3, 0.4) is 0 Å². The van der Waals surface area contributed by atoms with E-state index in [-0.39, 0.29) is 22.9 Å². The second kappa shape index (κ2) is 5.70. The van der Waals surface area contributed by atoms with Gasteiger partial charge in [-0.25, -0.2) is 9.78 Å². The average Bonchev–Trinajstić information content (AvgIpc) is 2.92. The van der Waals surface area contributed by atoms with Crippen LogP contribution in [-0.4, -0.2) is 28.5 Å². The Balaban J connectivity index is 1.33. The number of carboxylic acids is 1. The Labute approximate surface area is 143 Å². The largest absolute Gasteiger partial charge is 0.476 e. The molecule has 0 bridgehead atoms. The number of nitrogens with zero attached hydrogens (tertiary/aromatic N) is 1. The third kappa shape index (κ3) is 2.51. The normalized spacial score (nSPS) is 23.9. The van der Waals surface area contributed by atoms with Crippen molar-refractivity contribution in [2.75, 3.05) is 6.54 Å². The average molecular weight is 342 g/mol. The van der Waals surface area contributed by atoms with Gasteiger partial charge < -0.3 is 10.4 Å². The highest BCUT2D eigenvalue weighted by atomic mass is 32.1. The Morgan fingerprint density at radius 2 is 2.21 bits per heavy atom. The quantitative estimate of drug-likeness (QED) is 0.874. The minimum Gasteiger partial charge on any atom is -0.476 e. The van der Waals surface area contributed by atoms with E-state index in [2.05, 4.69) is 34.6 Å². The molecule has 2 aliphatic rings. The van der Waals surface area contributed by atoms with Gasteiger partial charge >= 0.3 is 5.97 Å². The van der Waals surface area contributed by atoms with Crippen molar-refractivity contribution in [3.05, 3.63) is 51.5 Å². The number of benzene rings is 1. The first-order chi connectivity index (χ1) is 11.6. The van der Waals surface area contributed by atoms with Crippen molar-refractivity contribution in [3.63, 3.8) is 0 Å². The highest BCUT2D eigenvalue weighted by molar-refractivity contribution is 7.09. The summed E-state index contributed by atoms with van der Waals surface area (Å²) in [5.74, 6) is -0.824. The third-order valence-corrected chi connectivity index (χ3v) is 6.10. The van der Waals surface area contributed by atoms with Gasteiger partial charge in [-0.3, -0.25) is 4.79 Å². The van der Waals surface area contributed by atoms with Gasteiger partial charge in [0.1, 0.15) is 0 Å². The second-order valence-corrected chi connectivity index (χ2v) is 7.49. The lowest BCUT2D eigenvalue weighted by Gasteiger charge is -2.11. The summed E-state index contributed by atoms with van der Waals surface area (Å²) in [6, 6.07) is 8.45. The van der Waals surface area contributed by atoms with E-state index in [1.807, 2.05) is 0 Å². The molecule has 2 N–H and O–H groups in total. The zero-order valence-corrected chi connectivity index (χ0v) is 13.9. The third-order valence-electron chi connectivity index (χ3n) is 5.19. The molecule has 1 saturated carbocycles. The summed E-state index contributed by atoms with van der Waals surface area (Å²) in [6.45, 7) is 0.500. The van der Waals surface area contributed by atoms with Crippen molar-refractivity contribution < 1.29 is 14.7 Å². The minimum absolute atomic E-state index is 0.0678.